The molecule has 2 aromatic heterocycles. The van der Waals surface area contributed by atoms with Gasteiger partial charge in [0.25, 0.3) is 0 Å². The van der Waals surface area contributed by atoms with Gasteiger partial charge in [-0.25, -0.2) is 4.98 Å². The molecule has 5 heterocycles. The van der Waals surface area contributed by atoms with Crippen molar-refractivity contribution in [2.75, 3.05) is 36.9 Å². The van der Waals surface area contributed by atoms with E-state index in [4.69, 9.17) is 10.5 Å². The van der Waals surface area contributed by atoms with Crippen molar-refractivity contribution in [3.63, 3.8) is 0 Å². The lowest BCUT2D eigenvalue weighted by Crippen LogP contribution is -2.54. The monoisotopic (exact) mass is 662 g/mol. The minimum Gasteiger partial charge on any atom is -0.507 e. The molecule has 0 spiro atoms. The van der Waals surface area contributed by atoms with Gasteiger partial charge >= 0.3 is 0 Å². The Bertz CT molecular complexity index is 1860. The summed E-state index contributed by atoms with van der Waals surface area (Å²) in [4.78, 5) is 33.9. The third-order valence-corrected chi connectivity index (χ3v) is 11.0. The standard InChI is InChI=1S/C37H42N8O4/c38-36-28(20-29(41-42-36)27-4-1-2-7-33(27)46)30-21-44(22-39-30)25-14-16-43(17-15-25)24-10-8-23(9-11-24)26-5-3-6-31-35(26)49-19-18-45(31)32-12-13-34(47)40-37(32)48/h1-7,20-25,32,46H,8-19H2,(H2,38,42)(H,40,47,48)/t23?,24?,32-/m1/s1. The number of carbonyl (C=O) groups excluding carboxylic acids is 2. The number of para-hydroxylation sites is 2. The largest absolute Gasteiger partial charge is 0.507 e. The number of likely N-dealkylation sites (tertiary alicyclic amines) is 1. The predicted octanol–water partition coefficient (Wildman–Crippen LogP) is 4.66. The highest BCUT2D eigenvalue weighted by Crippen LogP contribution is 2.45. The molecule has 3 fully saturated rings. The fourth-order valence-electron chi connectivity index (χ4n) is 8.32. The number of nitrogen functional groups attached to an aromatic ring is 1. The number of fused-ring (bicyclic) bond motifs is 1. The minimum absolute atomic E-state index is 0.143. The van der Waals surface area contributed by atoms with Gasteiger partial charge in [-0.1, -0.05) is 24.3 Å². The number of phenols is 1. The van der Waals surface area contributed by atoms with Crippen LogP contribution >= 0.6 is 0 Å². The summed E-state index contributed by atoms with van der Waals surface area (Å²) in [6.07, 6.45) is 11.5. The van der Waals surface area contributed by atoms with E-state index in [-0.39, 0.29) is 23.6 Å². The first-order chi connectivity index (χ1) is 23.9. The molecule has 49 heavy (non-hydrogen) atoms. The number of ether oxygens (including phenoxy) is 1. The lowest BCUT2D eigenvalue weighted by atomic mass is 9.80. The van der Waals surface area contributed by atoms with Crippen LogP contribution in [-0.2, 0) is 9.59 Å². The second kappa shape index (κ2) is 13.1. The Morgan fingerprint density at radius 1 is 0.857 bits per heavy atom. The Balaban J connectivity index is 0.884. The molecule has 12 nitrogen and oxygen atoms in total. The average Bonchev–Trinajstić information content (AvgIpc) is 3.62. The number of hydrogen-bond donors (Lipinski definition) is 3. The molecule has 4 aliphatic rings. The molecule has 1 atom stereocenters. The summed E-state index contributed by atoms with van der Waals surface area (Å²) in [7, 11) is 0. The lowest BCUT2D eigenvalue weighted by Gasteiger charge is -2.42. The molecule has 4 aromatic rings. The fraction of sp³-hybridized carbons (Fsp3) is 0.432. The first kappa shape index (κ1) is 31.3. The van der Waals surface area contributed by atoms with Crippen molar-refractivity contribution in [3.8, 4) is 34.0 Å². The molecule has 2 amide bonds. The maximum absolute atomic E-state index is 12.7. The molecule has 2 saturated heterocycles. The van der Waals surface area contributed by atoms with E-state index in [1.165, 1.54) is 5.56 Å². The van der Waals surface area contributed by atoms with Crippen molar-refractivity contribution in [2.45, 2.75) is 75.4 Å². The first-order valence-electron chi connectivity index (χ1n) is 17.5. The van der Waals surface area contributed by atoms with E-state index in [0.29, 0.717) is 66.6 Å². The molecular formula is C37H42N8O4. The van der Waals surface area contributed by atoms with Crippen LogP contribution < -0.4 is 20.7 Å². The number of imide groups is 1. The number of aromatic hydroxyl groups is 1. The summed E-state index contributed by atoms with van der Waals surface area (Å²) >= 11 is 0. The van der Waals surface area contributed by atoms with E-state index < -0.39 is 0 Å². The normalized spacial score (nSPS) is 23.5. The molecule has 0 radical (unpaired) electrons. The number of piperidine rings is 2. The Morgan fingerprint density at radius 2 is 1.67 bits per heavy atom. The van der Waals surface area contributed by atoms with Gasteiger partial charge in [-0.2, -0.15) is 0 Å². The van der Waals surface area contributed by atoms with E-state index in [0.717, 1.165) is 68.7 Å². The molecule has 4 N–H and O–H groups in total. The van der Waals surface area contributed by atoms with Crippen molar-refractivity contribution in [1.82, 2.24) is 30.0 Å². The van der Waals surface area contributed by atoms with Crippen LogP contribution in [0.3, 0.4) is 0 Å². The number of imidazole rings is 1. The summed E-state index contributed by atoms with van der Waals surface area (Å²) in [6, 6.07) is 15.8. The quantitative estimate of drug-likeness (QED) is 0.249. The Morgan fingerprint density at radius 3 is 2.47 bits per heavy atom. The Kier molecular flexibility index (Phi) is 8.40. The van der Waals surface area contributed by atoms with Gasteiger partial charge in [0.1, 0.15) is 24.1 Å². The highest BCUT2D eigenvalue weighted by Gasteiger charge is 2.37. The zero-order valence-corrected chi connectivity index (χ0v) is 27.5. The first-order valence-corrected chi connectivity index (χ1v) is 17.5. The number of carbonyl (C=O) groups is 2. The van der Waals surface area contributed by atoms with E-state index >= 15 is 0 Å². The summed E-state index contributed by atoms with van der Waals surface area (Å²) in [6.45, 7) is 3.28. The number of anilines is 2. The Hall–Kier alpha value is -4.97. The van der Waals surface area contributed by atoms with E-state index in [1.807, 2.05) is 18.5 Å². The molecule has 3 aliphatic heterocycles. The number of aromatic nitrogens is 4. The summed E-state index contributed by atoms with van der Waals surface area (Å²) < 4.78 is 8.48. The van der Waals surface area contributed by atoms with Gasteiger partial charge in [0, 0.05) is 48.9 Å². The van der Waals surface area contributed by atoms with E-state index in [2.05, 4.69) is 59.3 Å². The fourth-order valence-corrected chi connectivity index (χ4v) is 8.32. The zero-order chi connectivity index (χ0) is 33.5. The smallest absolute Gasteiger partial charge is 0.249 e. The molecule has 2 aromatic carbocycles. The molecule has 12 heteroatoms. The highest BCUT2D eigenvalue weighted by molar-refractivity contribution is 6.02. The van der Waals surface area contributed by atoms with Gasteiger partial charge in [-0.05, 0) is 80.7 Å². The minimum atomic E-state index is -0.336. The van der Waals surface area contributed by atoms with Gasteiger partial charge < -0.3 is 29.9 Å². The second-order valence-electron chi connectivity index (χ2n) is 13.7. The molecule has 0 bridgehead atoms. The van der Waals surface area contributed by atoms with Gasteiger partial charge in [0.15, 0.2) is 5.82 Å². The predicted molar refractivity (Wildman–Crippen MR) is 185 cm³/mol. The number of nitrogens with one attached hydrogen (secondary N) is 1. The summed E-state index contributed by atoms with van der Waals surface area (Å²) in [5.41, 5.74) is 11.1. The van der Waals surface area contributed by atoms with Crippen LogP contribution in [0.25, 0.3) is 22.5 Å². The molecule has 254 valence electrons. The van der Waals surface area contributed by atoms with Gasteiger partial charge in [0.05, 0.1) is 29.9 Å². The van der Waals surface area contributed by atoms with Crippen LogP contribution in [0.2, 0.25) is 0 Å². The van der Waals surface area contributed by atoms with Crippen molar-refractivity contribution in [3.05, 3.63) is 66.6 Å². The average molecular weight is 663 g/mol. The van der Waals surface area contributed by atoms with Crippen molar-refractivity contribution < 1.29 is 19.4 Å². The second-order valence-corrected chi connectivity index (χ2v) is 13.7. The van der Waals surface area contributed by atoms with Crippen molar-refractivity contribution in [2.24, 2.45) is 0 Å². The van der Waals surface area contributed by atoms with Crippen LogP contribution in [0, 0.1) is 0 Å². The highest BCUT2D eigenvalue weighted by atomic mass is 16.5. The van der Waals surface area contributed by atoms with Gasteiger partial charge in [-0.3, -0.25) is 14.9 Å². The Labute approximate surface area is 285 Å². The van der Waals surface area contributed by atoms with Crippen molar-refractivity contribution in [1.29, 1.82) is 0 Å². The lowest BCUT2D eigenvalue weighted by molar-refractivity contribution is -0.134. The number of nitrogens with zero attached hydrogens (tertiary/aromatic N) is 6. The summed E-state index contributed by atoms with van der Waals surface area (Å²) in [5.74, 6) is 1.40. The van der Waals surface area contributed by atoms with Gasteiger partial charge in [-0.15, -0.1) is 10.2 Å². The topological polar surface area (TPSA) is 152 Å². The van der Waals surface area contributed by atoms with Crippen LogP contribution in [0.1, 0.15) is 68.9 Å². The number of phenolic OH excluding ortho intramolecular Hbond substituents is 1. The van der Waals surface area contributed by atoms with Gasteiger partial charge in [0.2, 0.25) is 11.8 Å². The zero-order valence-electron chi connectivity index (χ0n) is 27.5. The third kappa shape index (κ3) is 6.09. The SMILES string of the molecule is Nc1nnc(-c2ccccc2O)cc1-c1cn(C2CCN(C3CCC(c4cccc5c4OCCN5[C@@H]4CCC(=O)NC4=O)CC3)CC2)cn1. The maximum Gasteiger partial charge on any atom is 0.249 e. The molecule has 1 saturated carbocycles. The number of nitrogens with two attached hydrogens (primary N) is 1. The summed E-state index contributed by atoms with van der Waals surface area (Å²) in [5, 5.41) is 21.2. The van der Waals surface area contributed by atoms with E-state index in [1.54, 1.807) is 18.2 Å². The van der Waals surface area contributed by atoms with Crippen LogP contribution in [-0.4, -0.2) is 79.9 Å². The van der Waals surface area contributed by atoms with Crippen molar-refractivity contribution >= 4 is 23.3 Å². The maximum atomic E-state index is 12.7. The molecule has 1 aliphatic carbocycles. The number of rotatable bonds is 6. The molecule has 8 rings (SSSR count). The van der Waals surface area contributed by atoms with E-state index in [9.17, 15) is 14.7 Å². The number of benzene rings is 2. The third-order valence-electron chi connectivity index (χ3n) is 11.0. The molecule has 0 unspecified atom stereocenters. The number of hydrogen-bond acceptors (Lipinski definition) is 10. The molecular weight excluding hydrogens is 620 g/mol. The van der Waals surface area contributed by atoms with Crippen LogP contribution in [0.4, 0.5) is 11.5 Å². The number of amides is 2. The van der Waals surface area contributed by atoms with Crippen LogP contribution in [0.5, 0.6) is 11.5 Å². The van der Waals surface area contributed by atoms with Crippen LogP contribution in [0.15, 0.2) is 61.1 Å².